The van der Waals surface area contributed by atoms with Crippen LogP contribution in [0.2, 0.25) is 0 Å². The molecular weight excluding hydrogens is 420 g/mol. The normalized spacial score (nSPS) is 12.3. The van der Waals surface area contributed by atoms with Crippen molar-refractivity contribution in [1.82, 2.24) is 10.6 Å². The van der Waals surface area contributed by atoms with Crippen LogP contribution in [0.25, 0.3) is 0 Å². The molecule has 0 aliphatic rings. The number of carboxylic acid groups (broad SMARTS) is 2. The minimum absolute atomic E-state index is 0.0526. The monoisotopic (exact) mass is 444 g/mol. The zero-order valence-electron chi connectivity index (χ0n) is 17.1. The average molecular weight is 444 g/mol. The number of carbonyl (C=O) groups is 4. The lowest BCUT2D eigenvalue weighted by Gasteiger charge is -2.17. The summed E-state index contributed by atoms with van der Waals surface area (Å²) in [5.74, 6) is -3.10. The molecule has 0 fully saturated rings. The second kappa shape index (κ2) is 12.1. The van der Waals surface area contributed by atoms with Crippen LogP contribution in [-0.4, -0.2) is 57.9 Å². The fraction of sp³-hybridized carbons (Fsp3) is 0.273. The van der Waals surface area contributed by atoms with Gasteiger partial charge in [0.15, 0.2) is 0 Å². The molecule has 0 aliphatic heterocycles. The van der Waals surface area contributed by atoms with Gasteiger partial charge in [0, 0.05) is 13.0 Å². The molecule has 5 N–H and O–H groups in total. The standard InChI is InChI=1S/C22H24N2O8/c25-17(12-23-22(31)32-13-15-4-2-1-3-5-15)11-19(26)24-18(21(29)30)10-14-6-8-16(9-7-14)20(27)28/h1-9,17-18,25H,10-13H2,(H,23,31)(H,24,26)(H,27,28)(H,29,30)/t17-,18+/m1/s1. The molecule has 2 rings (SSSR count). The van der Waals surface area contributed by atoms with Gasteiger partial charge in [-0.2, -0.15) is 0 Å². The first-order chi connectivity index (χ1) is 15.2. The Morgan fingerprint density at radius 3 is 2.16 bits per heavy atom. The van der Waals surface area contributed by atoms with Crippen LogP contribution in [-0.2, 0) is 27.4 Å². The van der Waals surface area contributed by atoms with Gasteiger partial charge >= 0.3 is 18.0 Å². The number of benzene rings is 2. The first-order valence-electron chi connectivity index (χ1n) is 9.71. The number of amides is 2. The highest BCUT2D eigenvalue weighted by Gasteiger charge is 2.22. The number of alkyl carbamates (subject to hydrolysis) is 1. The van der Waals surface area contributed by atoms with Gasteiger partial charge in [-0.1, -0.05) is 42.5 Å². The Bertz CT molecular complexity index is 931. The molecule has 2 amide bonds. The molecule has 0 aliphatic carbocycles. The van der Waals surface area contributed by atoms with Crippen molar-refractivity contribution in [3.05, 3.63) is 71.3 Å². The first kappa shape index (κ1) is 24.4. The lowest BCUT2D eigenvalue weighted by molar-refractivity contribution is -0.142. The van der Waals surface area contributed by atoms with E-state index in [4.69, 9.17) is 9.84 Å². The second-order valence-electron chi connectivity index (χ2n) is 6.97. The van der Waals surface area contributed by atoms with Crippen LogP contribution in [0.15, 0.2) is 54.6 Å². The molecule has 170 valence electrons. The Hall–Kier alpha value is -3.92. The van der Waals surface area contributed by atoms with Crippen molar-refractivity contribution in [2.24, 2.45) is 0 Å². The topological polar surface area (TPSA) is 162 Å². The number of nitrogens with one attached hydrogen (secondary N) is 2. The highest BCUT2D eigenvalue weighted by atomic mass is 16.5. The van der Waals surface area contributed by atoms with Crippen molar-refractivity contribution >= 4 is 23.9 Å². The number of aromatic carboxylic acids is 1. The Morgan fingerprint density at radius 1 is 0.906 bits per heavy atom. The van der Waals surface area contributed by atoms with E-state index in [1.807, 2.05) is 6.07 Å². The number of hydrogen-bond donors (Lipinski definition) is 5. The van der Waals surface area contributed by atoms with Gasteiger partial charge in [-0.3, -0.25) is 4.79 Å². The van der Waals surface area contributed by atoms with E-state index < -0.39 is 42.5 Å². The van der Waals surface area contributed by atoms with Crippen molar-refractivity contribution in [3.63, 3.8) is 0 Å². The van der Waals surface area contributed by atoms with Crippen LogP contribution in [0.4, 0.5) is 4.79 Å². The molecule has 0 unspecified atom stereocenters. The third-order valence-corrected chi connectivity index (χ3v) is 4.39. The van der Waals surface area contributed by atoms with Crippen LogP contribution in [0.3, 0.4) is 0 Å². The Morgan fingerprint density at radius 2 is 1.56 bits per heavy atom. The van der Waals surface area contributed by atoms with Crippen LogP contribution in [0, 0.1) is 0 Å². The van der Waals surface area contributed by atoms with E-state index in [-0.39, 0.29) is 25.1 Å². The summed E-state index contributed by atoms with van der Waals surface area (Å²) in [7, 11) is 0. The van der Waals surface area contributed by atoms with Crippen LogP contribution < -0.4 is 10.6 Å². The van der Waals surface area contributed by atoms with Gasteiger partial charge < -0.3 is 30.7 Å². The van der Waals surface area contributed by atoms with E-state index in [9.17, 15) is 29.4 Å². The zero-order chi connectivity index (χ0) is 23.5. The summed E-state index contributed by atoms with van der Waals surface area (Å²) in [4.78, 5) is 46.1. The number of aliphatic hydroxyl groups is 1. The molecular formula is C22H24N2O8. The smallest absolute Gasteiger partial charge is 0.407 e. The molecule has 0 saturated heterocycles. The fourth-order valence-electron chi connectivity index (χ4n) is 2.73. The largest absolute Gasteiger partial charge is 0.480 e. The fourth-order valence-corrected chi connectivity index (χ4v) is 2.73. The van der Waals surface area contributed by atoms with E-state index in [1.165, 1.54) is 24.3 Å². The Kier molecular flexibility index (Phi) is 9.18. The lowest BCUT2D eigenvalue weighted by Crippen LogP contribution is -2.44. The van der Waals surface area contributed by atoms with E-state index in [2.05, 4.69) is 10.6 Å². The molecule has 2 aromatic rings. The number of rotatable bonds is 11. The minimum Gasteiger partial charge on any atom is -0.480 e. The number of ether oxygens (including phenoxy) is 1. The summed E-state index contributed by atoms with van der Waals surface area (Å²) >= 11 is 0. The molecule has 10 heteroatoms. The van der Waals surface area contributed by atoms with Gasteiger partial charge in [0.05, 0.1) is 18.1 Å². The number of carbonyl (C=O) groups excluding carboxylic acids is 2. The quantitative estimate of drug-likeness (QED) is 0.345. The molecule has 0 heterocycles. The van der Waals surface area contributed by atoms with Crippen molar-refractivity contribution in [3.8, 4) is 0 Å². The van der Waals surface area contributed by atoms with Crippen molar-refractivity contribution in [1.29, 1.82) is 0 Å². The molecule has 0 bridgehead atoms. The highest BCUT2D eigenvalue weighted by Crippen LogP contribution is 2.08. The highest BCUT2D eigenvalue weighted by molar-refractivity contribution is 5.87. The van der Waals surface area contributed by atoms with Crippen molar-refractivity contribution in [2.45, 2.75) is 31.6 Å². The van der Waals surface area contributed by atoms with E-state index in [0.717, 1.165) is 5.56 Å². The van der Waals surface area contributed by atoms with Gasteiger partial charge in [-0.05, 0) is 23.3 Å². The van der Waals surface area contributed by atoms with Gasteiger partial charge in [-0.25, -0.2) is 14.4 Å². The van der Waals surface area contributed by atoms with E-state index in [1.54, 1.807) is 24.3 Å². The molecule has 32 heavy (non-hydrogen) atoms. The number of aliphatic carboxylic acids is 1. The Labute approximate surface area is 183 Å². The summed E-state index contributed by atoms with van der Waals surface area (Å²) in [6.45, 7) is -0.202. The number of hydrogen-bond acceptors (Lipinski definition) is 6. The minimum atomic E-state index is -1.28. The molecule has 2 aromatic carbocycles. The maximum absolute atomic E-state index is 12.1. The second-order valence-corrected chi connectivity index (χ2v) is 6.97. The molecule has 10 nitrogen and oxygen atoms in total. The molecule has 0 aromatic heterocycles. The summed E-state index contributed by atoms with van der Waals surface area (Å²) < 4.78 is 4.99. The maximum atomic E-state index is 12.1. The summed E-state index contributed by atoms with van der Waals surface area (Å²) in [5.41, 5.74) is 1.37. The van der Waals surface area contributed by atoms with Gasteiger partial charge in [0.2, 0.25) is 5.91 Å². The summed E-state index contributed by atoms with van der Waals surface area (Å²) in [6, 6.07) is 13.3. The maximum Gasteiger partial charge on any atom is 0.407 e. The number of carboxylic acids is 2. The lowest BCUT2D eigenvalue weighted by atomic mass is 10.0. The Balaban J connectivity index is 1.76. The van der Waals surface area contributed by atoms with Crippen molar-refractivity contribution in [2.75, 3.05) is 6.54 Å². The number of aliphatic hydroxyl groups excluding tert-OH is 1. The SMILES string of the molecule is O=C(C[C@@H](O)CNC(=O)OCc1ccccc1)N[C@@H](Cc1ccc(C(=O)O)cc1)C(=O)O. The summed E-state index contributed by atoms with van der Waals surface area (Å²) in [6.07, 6.45) is -2.51. The molecule has 0 spiro atoms. The van der Waals surface area contributed by atoms with Crippen LogP contribution in [0.5, 0.6) is 0 Å². The third kappa shape index (κ3) is 8.44. The summed E-state index contributed by atoms with van der Waals surface area (Å²) in [5, 5.41) is 32.8. The van der Waals surface area contributed by atoms with Gasteiger partial charge in [-0.15, -0.1) is 0 Å². The third-order valence-electron chi connectivity index (χ3n) is 4.39. The van der Waals surface area contributed by atoms with Crippen molar-refractivity contribution < 1.29 is 39.2 Å². The first-order valence-corrected chi connectivity index (χ1v) is 9.71. The predicted molar refractivity (Wildman–Crippen MR) is 112 cm³/mol. The average Bonchev–Trinajstić information content (AvgIpc) is 2.76. The molecule has 0 saturated carbocycles. The molecule has 0 radical (unpaired) electrons. The van der Waals surface area contributed by atoms with Gasteiger partial charge in [0.1, 0.15) is 12.6 Å². The van der Waals surface area contributed by atoms with Crippen LogP contribution in [0.1, 0.15) is 27.9 Å². The van der Waals surface area contributed by atoms with E-state index >= 15 is 0 Å². The zero-order valence-corrected chi connectivity index (χ0v) is 17.1. The predicted octanol–water partition coefficient (Wildman–Crippen LogP) is 1.17. The molecule has 2 atom stereocenters. The van der Waals surface area contributed by atoms with E-state index in [0.29, 0.717) is 5.56 Å². The van der Waals surface area contributed by atoms with Crippen LogP contribution >= 0.6 is 0 Å². The van der Waals surface area contributed by atoms with Gasteiger partial charge in [0.25, 0.3) is 0 Å².